The van der Waals surface area contributed by atoms with Gasteiger partial charge in [0, 0.05) is 22.0 Å². The van der Waals surface area contributed by atoms with Crippen molar-refractivity contribution in [2.24, 2.45) is 0 Å². The van der Waals surface area contributed by atoms with E-state index in [1.54, 1.807) is 0 Å². The Morgan fingerprint density at radius 3 is 2.75 bits per heavy atom. The zero-order valence-corrected chi connectivity index (χ0v) is 14.7. The predicted molar refractivity (Wildman–Crippen MR) is 91.4 cm³/mol. The summed E-state index contributed by atoms with van der Waals surface area (Å²) in [6, 6.07) is 4.86. The largest absolute Gasteiger partial charge is 0.313 e. The molecule has 1 aromatic heterocycles. The summed E-state index contributed by atoms with van der Waals surface area (Å²) < 4.78 is 1.06. The van der Waals surface area contributed by atoms with E-state index in [1.165, 1.54) is 44.9 Å². The van der Waals surface area contributed by atoms with E-state index >= 15 is 0 Å². The molecule has 4 heteroatoms. The van der Waals surface area contributed by atoms with Crippen molar-refractivity contribution in [2.45, 2.75) is 68.2 Å². The van der Waals surface area contributed by atoms with Gasteiger partial charge in [-0.2, -0.15) is 0 Å². The van der Waals surface area contributed by atoms with Gasteiger partial charge in [0.15, 0.2) is 0 Å². The van der Waals surface area contributed by atoms with E-state index in [0.717, 1.165) is 16.0 Å². The Bertz CT molecular complexity index is 381. The molecule has 1 heterocycles. The highest BCUT2D eigenvalue weighted by molar-refractivity contribution is 9.10. The summed E-state index contributed by atoms with van der Waals surface area (Å²) >= 11 is 5.42. The third-order valence-corrected chi connectivity index (χ3v) is 5.65. The molecule has 1 saturated carbocycles. The first-order chi connectivity index (χ1) is 9.79. The van der Waals surface area contributed by atoms with E-state index in [-0.39, 0.29) is 0 Å². The molecule has 0 bridgehead atoms. The second kappa shape index (κ2) is 9.06. The van der Waals surface area contributed by atoms with Crippen molar-refractivity contribution in [3.63, 3.8) is 0 Å². The third kappa shape index (κ3) is 5.38. The first-order valence-electron chi connectivity index (χ1n) is 7.81. The van der Waals surface area contributed by atoms with Gasteiger partial charge in [-0.3, -0.25) is 0 Å². The minimum atomic E-state index is 0.644. The fourth-order valence-electron chi connectivity index (χ4n) is 2.74. The van der Waals surface area contributed by atoms with Crippen molar-refractivity contribution in [1.82, 2.24) is 10.3 Å². The second-order valence-electron chi connectivity index (χ2n) is 5.52. The van der Waals surface area contributed by atoms with Crippen LogP contribution in [0, 0.1) is 0 Å². The summed E-state index contributed by atoms with van der Waals surface area (Å²) in [6.45, 7) is 3.38. The number of hydrogen-bond acceptors (Lipinski definition) is 3. The predicted octanol–water partition coefficient (Wildman–Crippen LogP) is 5.03. The molecular weight excluding hydrogens is 332 g/mol. The molecule has 1 aromatic rings. The minimum absolute atomic E-state index is 0.644. The van der Waals surface area contributed by atoms with Gasteiger partial charge in [-0.1, -0.05) is 32.6 Å². The first-order valence-corrected chi connectivity index (χ1v) is 9.48. The third-order valence-electron chi connectivity index (χ3n) is 3.83. The van der Waals surface area contributed by atoms with Gasteiger partial charge in [-0.05, 0) is 53.9 Å². The Morgan fingerprint density at radius 1 is 1.25 bits per heavy atom. The van der Waals surface area contributed by atoms with E-state index in [9.17, 15) is 0 Å². The Balaban J connectivity index is 1.99. The fraction of sp³-hybridized carbons (Fsp3) is 0.688. The maximum atomic E-state index is 4.53. The fourth-order valence-corrected chi connectivity index (χ4v) is 4.23. The molecular formula is C16H25BrN2S. The first kappa shape index (κ1) is 16.3. The number of nitrogens with zero attached hydrogens (tertiary/aromatic N) is 1. The van der Waals surface area contributed by atoms with Crippen LogP contribution in [0.2, 0.25) is 0 Å². The normalized spacial score (nSPS) is 24.1. The number of thioether (sulfide) groups is 1. The molecule has 0 saturated heterocycles. The maximum Gasteiger partial charge on any atom is 0.0963 e. The van der Waals surface area contributed by atoms with Crippen molar-refractivity contribution < 1.29 is 0 Å². The number of rotatable bonds is 5. The molecule has 0 spiro atoms. The van der Waals surface area contributed by atoms with Crippen LogP contribution in [-0.2, 0) is 0 Å². The Kier molecular flexibility index (Phi) is 7.39. The van der Waals surface area contributed by atoms with Gasteiger partial charge in [-0.25, -0.2) is 4.98 Å². The standard InChI is InChI=1S/C16H25BrN2S/c1-2-11-18-14-7-5-3-4-6-8-15(14)20-16-10-9-13(17)12-19-16/h9-10,12,14-15,18H,2-8,11H2,1H3. The number of halogens is 1. The molecule has 0 radical (unpaired) electrons. The molecule has 1 fully saturated rings. The zero-order chi connectivity index (χ0) is 14.2. The van der Waals surface area contributed by atoms with Crippen LogP contribution in [0.5, 0.6) is 0 Å². The van der Waals surface area contributed by atoms with Gasteiger partial charge >= 0.3 is 0 Å². The number of pyridine rings is 1. The van der Waals surface area contributed by atoms with Gasteiger partial charge < -0.3 is 5.32 Å². The number of nitrogens with one attached hydrogen (secondary N) is 1. The highest BCUT2D eigenvalue weighted by Crippen LogP contribution is 2.32. The lowest BCUT2D eigenvalue weighted by atomic mass is 9.96. The highest BCUT2D eigenvalue weighted by Gasteiger charge is 2.23. The molecule has 20 heavy (non-hydrogen) atoms. The van der Waals surface area contributed by atoms with E-state index in [4.69, 9.17) is 0 Å². The number of hydrogen-bond donors (Lipinski definition) is 1. The van der Waals surface area contributed by atoms with Crippen LogP contribution in [-0.4, -0.2) is 22.8 Å². The van der Waals surface area contributed by atoms with E-state index < -0.39 is 0 Å². The van der Waals surface area contributed by atoms with Crippen molar-refractivity contribution in [3.8, 4) is 0 Å². The zero-order valence-electron chi connectivity index (χ0n) is 12.3. The van der Waals surface area contributed by atoms with Crippen LogP contribution >= 0.6 is 27.7 Å². The van der Waals surface area contributed by atoms with Crippen LogP contribution in [0.3, 0.4) is 0 Å². The molecule has 1 aliphatic rings. The lowest BCUT2D eigenvalue weighted by Crippen LogP contribution is -2.39. The summed E-state index contributed by atoms with van der Waals surface area (Å²) in [6.07, 6.45) is 11.3. The summed E-state index contributed by atoms with van der Waals surface area (Å²) in [5.74, 6) is 0. The molecule has 2 nitrogen and oxygen atoms in total. The van der Waals surface area contributed by atoms with Crippen molar-refractivity contribution >= 4 is 27.7 Å². The van der Waals surface area contributed by atoms with E-state index in [1.807, 2.05) is 18.0 Å². The van der Waals surface area contributed by atoms with Crippen LogP contribution in [0.4, 0.5) is 0 Å². The molecule has 0 aliphatic heterocycles. The van der Waals surface area contributed by atoms with Gasteiger partial charge in [0.2, 0.25) is 0 Å². The van der Waals surface area contributed by atoms with Gasteiger partial charge in [0.25, 0.3) is 0 Å². The van der Waals surface area contributed by atoms with E-state index in [2.05, 4.69) is 45.3 Å². The maximum absolute atomic E-state index is 4.53. The topological polar surface area (TPSA) is 24.9 Å². The SMILES string of the molecule is CCCNC1CCCCCCC1Sc1ccc(Br)cn1. The quantitative estimate of drug-likeness (QED) is 0.800. The summed E-state index contributed by atoms with van der Waals surface area (Å²) in [5.41, 5.74) is 0. The smallest absolute Gasteiger partial charge is 0.0963 e. The lowest BCUT2D eigenvalue weighted by molar-refractivity contribution is 0.400. The monoisotopic (exact) mass is 356 g/mol. The van der Waals surface area contributed by atoms with Crippen LogP contribution in [0.1, 0.15) is 51.9 Å². The van der Waals surface area contributed by atoms with Crippen LogP contribution in [0.15, 0.2) is 27.8 Å². The Morgan fingerprint density at radius 2 is 2.05 bits per heavy atom. The summed E-state index contributed by atoms with van der Waals surface area (Å²) in [7, 11) is 0. The van der Waals surface area contributed by atoms with Gasteiger partial charge in [0.05, 0.1) is 5.03 Å². The molecule has 2 atom stereocenters. The minimum Gasteiger partial charge on any atom is -0.313 e. The number of aromatic nitrogens is 1. The molecule has 1 N–H and O–H groups in total. The molecule has 112 valence electrons. The van der Waals surface area contributed by atoms with Crippen molar-refractivity contribution in [1.29, 1.82) is 0 Å². The molecule has 0 amide bonds. The summed E-state index contributed by atoms with van der Waals surface area (Å²) in [5, 5.41) is 5.58. The Hall–Kier alpha value is -0.0600. The highest BCUT2D eigenvalue weighted by atomic mass is 79.9. The Labute approximate surface area is 135 Å². The van der Waals surface area contributed by atoms with Crippen molar-refractivity contribution in [3.05, 3.63) is 22.8 Å². The summed E-state index contributed by atoms with van der Waals surface area (Å²) in [4.78, 5) is 4.53. The van der Waals surface area contributed by atoms with Crippen LogP contribution < -0.4 is 5.32 Å². The second-order valence-corrected chi connectivity index (χ2v) is 7.70. The lowest BCUT2D eigenvalue weighted by Gasteiger charge is -2.29. The van der Waals surface area contributed by atoms with E-state index in [0.29, 0.717) is 11.3 Å². The molecule has 1 aliphatic carbocycles. The average Bonchev–Trinajstić information content (AvgIpc) is 2.44. The molecule has 2 unspecified atom stereocenters. The average molecular weight is 357 g/mol. The molecule has 0 aromatic carbocycles. The van der Waals surface area contributed by atoms with Gasteiger partial charge in [0.1, 0.15) is 0 Å². The van der Waals surface area contributed by atoms with Crippen LogP contribution in [0.25, 0.3) is 0 Å². The molecule has 2 rings (SSSR count). The van der Waals surface area contributed by atoms with Gasteiger partial charge in [-0.15, -0.1) is 11.8 Å². The van der Waals surface area contributed by atoms with Crippen molar-refractivity contribution in [2.75, 3.05) is 6.54 Å².